The molecule has 0 spiro atoms. The van der Waals surface area contributed by atoms with Crippen molar-refractivity contribution in [3.8, 4) is 5.69 Å². The van der Waals surface area contributed by atoms with Gasteiger partial charge in [0.1, 0.15) is 5.82 Å². The van der Waals surface area contributed by atoms with Gasteiger partial charge in [-0.25, -0.2) is 9.07 Å². The number of aromatic nitrogens is 3. The predicted molar refractivity (Wildman–Crippen MR) is 106 cm³/mol. The Morgan fingerprint density at radius 2 is 1.72 bits per heavy atom. The lowest BCUT2D eigenvalue weighted by Gasteiger charge is -2.16. The maximum atomic E-state index is 13.7. The number of alkyl halides is 3. The third kappa shape index (κ3) is 4.32. The molecule has 2 amide bonds. The first-order valence-electron chi connectivity index (χ1n) is 9.73. The van der Waals surface area contributed by atoms with E-state index in [1.165, 1.54) is 30.3 Å². The van der Waals surface area contributed by atoms with Crippen LogP contribution in [0.2, 0.25) is 0 Å². The van der Waals surface area contributed by atoms with Crippen LogP contribution >= 0.6 is 0 Å². The van der Waals surface area contributed by atoms with Crippen molar-refractivity contribution in [2.45, 2.75) is 19.0 Å². The number of amides is 2. The number of hydrogen-bond donors (Lipinski definition) is 1. The second-order valence-corrected chi connectivity index (χ2v) is 7.21. The summed E-state index contributed by atoms with van der Waals surface area (Å²) in [5.41, 5.74) is -2.21. The predicted octanol–water partition coefficient (Wildman–Crippen LogP) is 3.91. The monoisotopic (exact) mass is 447 g/mol. The SMILES string of the molecule is O=C(Nc1cccc(C(=O)N2CCCC2)c1)c1nnn(-c2cccc(F)c2)c1C(F)(F)F. The van der Waals surface area contributed by atoms with Gasteiger partial charge in [-0.3, -0.25) is 9.59 Å². The van der Waals surface area contributed by atoms with E-state index in [0.29, 0.717) is 23.3 Å². The van der Waals surface area contributed by atoms with Gasteiger partial charge in [-0.15, -0.1) is 5.10 Å². The molecule has 11 heteroatoms. The van der Waals surface area contributed by atoms with Crippen LogP contribution in [-0.4, -0.2) is 44.8 Å². The van der Waals surface area contributed by atoms with Crippen molar-refractivity contribution in [3.63, 3.8) is 0 Å². The molecule has 7 nitrogen and oxygen atoms in total. The number of hydrogen-bond acceptors (Lipinski definition) is 4. The van der Waals surface area contributed by atoms with Gasteiger partial charge in [0.25, 0.3) is 11.8 Å². The number of nitrogens with one attached hydrogen (secondary N) is 1. The lowest BCUT2D eigenvalue weighted by atomic mass is 10.1. The molecule has 0 unspecified atom stereocenters. The number of nitrogens with zero attached hydrogens (tertiary/aromatic N) is 4. The second-order valence-electron chi connectivity index (χ2n) is 7.21. The Hall–Kier alpha value is -3.76. The Morgan fingerprint density at radius 1 is 1.00 bits per heavy atom. The highest BCUT2D eigenvalue weighted by Gasteiger charge is 2.42. The summed E-state index contributed by atoms with van der Waals surface area (Å²) in [6, 6.07) is 10.3. The van der Waals surface area contributed by atoms with Crippen molar-refractivity contribution >= 4 is 17.5 Å². The molecule has 1 saturated heterocycles. The molecule has 0 aliphatic carbocycles. The first kappa shape index (κ1) is 21.5. The number of carbonyl (C=O) groups is 2. The standard InChI is InChI=1S/C21H17F4N5O2/c22-14-6-4-8-16(12-14)30-18(21(23,24)25)17(27-28-30)19(31)26-15-7-3-5-13(11-15)20(32)29-9-1-2-10-29/h3-8,11-12H,1-2,9-10H2,(H,26,31). The van der Waals surface area contributed by atoms with Crippen molar-refractivity contribution in [2.75, 3.05) is 18.4 Å². The van der Waals surface area contributed by atoms with Gasteiger partial charge in [-0.2, -0.15) is 13.2 Å². The lowest BCUT2D eigenvalue weighted by Crippen LogP contribution is -2.27. The van der Waals surface area contributed by atoms with Crippen molar-refractivity contribution < 1.29 is 27.2 Å². The van der Waals surface area contributed by atoms with Crippen molar-refractivity contribution in [1.82, 2.24) is 19.9 Å². The Morgan fingerprint density at radius 3 is 2.41 bits per heavy atom. The van der Waals surface area contributed by atoms with Gasteiger partial charge in [-0.1, -0.05) is 17.3 Å². The molecule has 1 aromatic heterocycles. The number of likely N-dealkylation sites (tertiary alicyclic amines) is 1. The van der Waals surface area contributed by atoms with E-state index >= 15 is 0 Å². The third-order valence-corrected chi connectivity index (χ3v) is 4.97. The molecule has 1 aliphatic rings. The van der Waals surface area contributed by atoms with Gasteiger partial charge in [-0.05, 0) is 49.2 Å². The number of anilines is 1. The summed E-state index contributed by atoms with van der Waals surface area (Å²) in [6.45, 7) is 1.26. The van der Waals surface area contributed by atoms with Crippen LogP contribution in [0, 0.1) is 5.82 Å². The minimum atomic E-state index is -4.99. The highest BCUT2D eigenvalue weighted by atomic mass is 19.4. The summed E-state index contributed by atoms with van der Waals surface area (Å²) >= 11 is 0. The zero-order valence-corrected chi connectivity index (χ0v) is 16.6. The van der Waals surface area contributed by atoms with E-state index in [4.69, 9.17) is 0 Å². The van der Waals surface area contributed by atoms with Crippen molar-refractivity contribution in [3.05, 3.63) is 71.3 Å². The van der Waals surface area contributed by atoms with Crippen molar-refractivity contribution in [2.24, 2.45) is 0 Å². The number of carbonyl (C=O) groups excluding carboxylic acids is 2. The van der Waals surface area contributed by atoms with Gasteiger partial charge in [0.2, 0.25) is 0 Å². The quantitative estimate of drug-likeness (QED) is 0.615. The lowest BCUT2D eigenvalue weighted by molar-refractivity contribution is -0.143. The number of halogens is 4. The first-order chi connectivity index (χ1) is 15.2. The van der Waals surface area contributed by atoms with E-state index in [1.54, 1.807) is 11.0 Å². The summed E-state index contributed by atoms with van der Waals surface area (Å²) in [5.74, 6) is -2.14. The van der Waals surface area contributed by atoms with Gasteiger partial charge in [0, 0.05) is 24.3 Å². The second kappa shape index (κ2) is 8.40. The molecule has 1 fully saturated rings. The molecule has 32 heavy (non-hydrogen) atoms. The molecule has 0 atom stereocenters. The van der Waals surface area contributed by atoms with Crippen LogP contribution in [0.3, 0.4) is 0 Å². The van der Waals surface area contributed by atoms with E-state index < -0.39 is 29.3 Å². The average Bonchev–Trinajstić information content (AvgIpc) is 3.43. The molecule has 0 bridgehead atoms. The summed E-state index contributed by atoms with van der Waals surface area (Å²) < 4.78 is 55.1. The molecule has 0 radical (unpaired) electrons. The number of benzene rings is 2. The van der Waals surface area contributed by atoms with Crippen LogP contribution in [0.15, 0.2) is 48.5 Å². The van der Waals surface area contributed by atoms with Crippen LogP contribution in [0.1, 0.15) is 39.4 Å². The van der Waals surface area contributed by atoms with E-state index in [0.717, 1.165) is 25.0 Å². The van der Waals surface area contributed by atoms with Gasteiger partial charge in [0.15, 0.2) is 11.4 Å². The minimum Gasteiger partial charge on any atom is -0.339 e. The largest absolute Gasteiger partial charge is 0.435 e. The van der Waals surface area contributed by atoms with Crippen LogP contribution in [0.5, 0.6) is 0 Å². The van der Waals surface area contributed by atoms with Gasteiger partial charge < -0.3 is 10.2 Å². The Bertz CT molecular complexity index is 1170. The summed E-state index contributed by atoms with van der Waals surface area (Å²) in [4.78, 5) is 26.8. The van der Waals surface area contributed by atoms with Crippen LogP contribution in [0.25, 0.3) is 5.69 Å². The zero-order chi connectivity index (χ0) is 22.9. The van der Waals surface area contributed by atoms with E-state index in [1.807, 2.05) is 0 Å². The summed E-state index contributed by atoms with van der Waals surface area (Å²) in [6.07, 6.45) is -3.18. The molecule has 3 aromatic rings. The Labute approximate surface area is 179 Å². The van der Waals surface area contributed by atoms with Crippen molar-refractivity contribution in [1.29, 1.82) is 0 Å². The average molecular weight is 447 g/mol. The Balaban J connectivity index is 1.63. The van der Waals surface area contributed by atoms with Crippen LogP contribution in [0.4, 0.5) is 23.2 Å². The molecule has 2 aromatic carbocycles. The molecule has 1 aliphatic heterocycles. The molecular formula is C21H17F4N5O2. The van der Waals surface area contributed by atoms with E-state index in [2.05, 4.69) is 15.6 Å². The van der Waals surface area contributed by atoms with Gasteiger partial charge in [0.05, 0.1) is 5.69 Å². The molecule has 4 rings (SSSR count). The van der Waals surface area contributed by atoms with E-state index in [-0.39, 0.29) is 17.3 Å². The van der Waals surface area contributed by atoms with E-state index in [9.17, 15) is 27.2 Å². The smallest absolute Gasteiger partial charge is 0.339 e. The molecule has 2 heterocycles. The van der Waals surface area contributed by atoms with Gasteiger partial charge >= 0.3 is 6.18 Å². The maximum absolute atomic E-state index is 13.7. The van der Waals surface area contributed by atoms with Crippen LogP contribution < -0.4 is 5.32 Å². The fourth-order valence-corrected chi connectivity index (χ4v) is 3.50. The summed E-state index contributed by atoms with van der Waals surface area (Å²) in [5, 5.41) is 9.13. The topological polar surface area (TPSA) is 80.1 Å². The van der Waals surface area contributed by atoms with Crippen LogP contribution in [-0.2, 0) is 6.18 Å². The molecular weight excluding hydrogens is 430 g/mol. The fourth-order valence-electron chi connectivity index (χ4n) is 3.50. The molecule has 166 valence electrons. The molecule has 1 N–H and O–H groups in total. The fraction of sp³-hybridized carbons (Fsp3) is 0.238. The minimum absolute atomic E-state index is 0.133. The summed E-state index contributed by atoms with van der Waals surface area (Å²) in [7, 11) is 0. The number of rotatable bonds is 4. The highest BCUT2D eigenvalue weighted by Crippen LogP contribution is 2.33. The third-order valence-electron chi connectivity index (χ3n) is 4.97. The highest BCUT2D eigenvalue weighted by molar-refractivity contribution is 6.04. The first-order valence-corrected chi connectivity index (χ1v) is 9.73. The normalized spacial score (nSPS) is 13.9. The Kier molecular flexibility index (Phi) is 5.64. The zero-order valence-electron chi connectivity index (χ0n) is 16.6. The maximum Gasteiger partial charge on any atom is 0.435 e. The molecule has 0 saturated carbocycles.